The lowest BCUT2D eigenvalue weighted by Gasteiger charge is -2.37. The van der Waals surface area contributed by atoms with E-state index in [2.05, 4.69) is 21.4 Å². The average Bonchev–Trinajstić information content (AvgIpc) is 3.41. The topological polar surface area (TPSA) is 95.7 Å². The third kappa shape index (κ3) is 4.82. The Balaban J connectivity index is 1.41. The van der Waals surface area contributed by atoms with Gasteiger partial charge in [0.15, 0.2) is 11.5 Å². The molecule has 1 saturated heterocycles. The molecule has 164 valence electrons. The summed E-state index contributed by atoms with van der Waals surface area (Å²) in [4.78, 5) is 26.6. The Kier molecular flexibility index (Phi) is 6.13. The number of allylic oxidation sites excluding steroid dienone is 1. The molecule has 0 spiro atoms. The van der Waals surface area contributed by atoms with Crippen LogP contribution in [0.3, 0.4) is 0 Å². The van der Waals surface area contributed by atoms with Crippen LogP contribution in [0.15, 0.2) is 40.4 Å². The van der Waals surface area contributed by atoms with Gasteiger partial charge in [0.1, 0.15) is 11.6 Å². The molecule has 1 aromatic heterocycles. The van der Waals surface area contributed by atoms with Gasteiger partial charge in [-0.1, -0.05) is 16.8 Å². The molecular weight excluding hydrogens is 408 g/mol. The summed E-state index contributed by atoms with van der Waals surface area (Å²) in [5.74, 6) is -3.89. The number of rotatable bonds is 6. The van der Waals surface area contributed by atoms with E-state index < -0.39 is 35.5 Å². The number of hydrogen-bond donors (Lipinski definition) is 2. The van der Waals surface area contributed by atoms with E-state index in [0.717, 1.165) is 31.9 Å². The molecular formula is C22H23F2N3O4. The second-order valence-corrected chi connectivity index (χ2v) is 8.00. The maximum atomic E-state index is 13.9. The van der Waals surface area contributed by atoms with Gasteiger partial charge in [0.05, 0.1) is 11.5 Å². The van der Waals surface area contributed by atoms with Crippen LogP contribution in [0.4, 0.5) is 8.78 Å². The number of carbonyl (C=O) groups excluding carboxylic acids is 1. The maximum Gasteiger partial charge on any atom is 0.309 e. The molecule has 31 heavy (non-hydrogen) atoms. The highest BCUT2D eigenvalue weighted by Crippen LogP contribution is 2.26. The fourth-order valence-corrected chi connectivity index (χ4v) is 4.20. The Morgan fingerprint density at radius 1 is 1.29 bits per heavy atom. The highest BCUT2D eigenvalue weighted by Gasteiger charge is 2.36. The van der Waals surface area contributed by atoms with Crippen LogP contribution in [-0.4, -0.2) is 52.7 Å². The second kappa shape index (κ2) is 8.97. The van der Waals surface area contributed by atoms with Crippen LogP contribution in [0.1, 0.15) is 36.2 Å². The van der Waals surface area contributed by atoms with Gasteiger partial charge in [-0.3, -0.25) is 14.5 Å². The number of likely N-dealkylation sites (tertiary alicyclic amines) is 1. The van der Waals surface area contributed by atoms with Crippen LogP contribution in [0.5, 0.6) is 0 Å². The molecule has 0 radical (unpaired) electrons. The number of aromatic nitrogens is 1. The molecule has 1 amide bonds. The molecule has 2 heterocycles. The van der Waals surface area contributed by atoms with Crippen LogP contribution < -0.4 is 5.32 Å². The van der Waals surface area contributed by atoms with Crippen molar-refractivity contribution < 1.29 is 28.0 Å². The van der Waals surface area contributed by atoms with Gasteiger partial charge in [-0.15, -0.1) is 0 Å². The van der Waals surface area contributed by atoms with Crippen molar-refractivity contribution in [3.63, 3.8) is 0 Å². The first kappa shape index (κ1) is 21.2. The fourth-order valence-electron chi connectivity index (χ4n) is 4.20. The first-order chi connectivity index (χ1) is 14.9. The van der Waals surface area contributed by atoms with Crippen LogP contribution in [0.2, 0.25) is 0 Å². The predicted octanol–water partition coefficient (Wildman–Crippen LogP) is 3.24. The van der Waals surface area contributed by atoms with E-state index in [1.54, 1.807) is 0 Å². The van der Waals surface area contributed by atoms with E-state index in [0.29, 0.717) is 25.6 Å². The quantitative estimate of drug-likeness (QED) is 0.682. The molecule has 2 aromatic rings. The number of hydrogen-bond acceptors (Lipinski definition) is 5. The number of carboxylic acids is 1. The molecule has 1 aromatic carbocycles. The van der Waals surface area contributed by atoms with Crippen molar-refractivity contribution in [2.75, 3.05) is 19.6 Å². The Bertz CT molecular complexity index is 1020. The van der Waals surface area contributed by atoms with E-state index in [9.17, 15) is 23.5 Å². The Morgan fingerprint density at radius 2 is 2.13 bits per heavy atom. The highest BCUT2D eigenvalue weighted by molar-refractivity contribution is 5.93. The summed E-state index contributed by atoms with van der Waals surface area (Å²) in [7, 11) is 0. The second-order valence-electron chi connectivity index (χ2n) is 8.00. The summed E-state index contributed by atoms with van der Waals surface area (Å²) in [6.45, 7) is 1.79. The molecule has 9 heteroatoms. The monoisotopic (exact) mass is 431 g/mol. The Labute approximate surface area is 177 Å². The number of amides is 1. The minimum absolute atomic E-state index is 0.0166. The number of benzene rings is 1. The lowest BCUT2D eigenvalue weighted by molar-refractivity contribution is -0.144. The number of nitrogens with one attached hydrogen (secondary N) is 1. The van der Waals surface area contributed by atoms with Gasteiger partial charge in [-0.05, 0) is 37.8 Å². The fraction of sp³-hybridized carbons (Fsp3) is 0.409. The summed E-state index contributed by atoms with van der Waals surface area (Å²) >= 11 is 0. The molecule has 4 rings (SSSR count). The molecule has 2 aliphatic rings. The Hall–Kier alpha value is -3.07. The first-order valence-corrected chi connectivity index (χ1v) is 10.3. The number of piperidine rings is 1. The van der Waals surface area contributed by atoms with Crippen molar-refractivity contribution in [1.82, 2.24) is 15.4 Å². The lowest BCUT2D eigenvalue weighted by atomic mass is 9.91. The number of nitrogens with zero attached hydrogens (tertiary/aromatic N) is 2. The summed E-state index contributed by atoms with van der Waals surface area (Å²) in [5, 5.41) is 16.1. The first-order valence-electron chi connectivity index (χ1n) is 10.3. The maximum absolute atomic E-state index is 13.9. The van der Waals surface area contributed by atoms with Crippen molar-refractivity contribution in [3.05, 3.63) is 53.2 Å². The third-order valence-electron chi connectivity index (χ3n) is 5.83. The number of aliphatic carboxylic acids is 1. The molecule has 0 bridgehead atoms. The number of halogens is 2. The zero-order valence-corrected chi connectivity index (χ0v) is 16.8. The standard InChI is InChI=1S/C22H23F2N3O4/c23-14-5-6-15(17(24)9-14)20-10-19(26-31-20)21(28)25-18-7-8-27(12-16(18)22(29)30)11-13-3-1-2-4-13/h3,5-6,9-10,16,18H,1-2,4,7-8,11-12H2,(H,25,28)(H,29,30). The summed E-state index contributed by atoms with van der Waals surface area (Å²) < 4.78 is 32.1. The zero-order chi connectivity index (χ0) is 22.0. The van der Waals surface area contributed by atoms with Crippen molar-refractivity contribution in [2.45, 2.75) is 31.7 Å². The molecule has 7 nitrogen and oxygen atoms in total. The molecule has 0 saturated carbocycles. The largest absolute Gasteiger partial charge is 0.481 e. The van der Waals surface area contributed by atoms with E-state index in [4.69, 9.17) is 4.52 Å². The van der Waals surface area contributed by atoms with Gasteiger partial charge < -0.3 is 14.9 Å². The molecule has 1 aliphatic carbocycles. The van der Waals surface area contributed by atoms with Gasteiger partial charge in [-0.2, -0.15) is 0 Å². The molecule has 2 unspecified atom stereocenters. The van der Waals surface area contributed by atoms with Crippen molar-refractivity contribution in [1.29, 1.82) is 0 Å². The van der Waals surface area contributed by atoms with E-state index in [1.807, 2.05) is 0 Å². The average molecular weight is 431 g/mol. The number of carboxylic acid groups (broad SMARTS) is 1. The van der Waals surface area contributed by atoms with Crippen molar-refractivity contribution >= 4 is 11.9 Å². The predicted molar refractivity (Wildman–Crippen MR) is 107 cm³/mol. The normalized spacial score (nSPS) is 21.7. The zero-order valence-electron chi connectivity index (χ0n) is 16.8. The molecule has 2 N–H and O–H groups in total. The van der Waals surface area contributed by atoms with E-state index in [1.165, 1.54) is 17.7 Å². The third-order valence-corrected chi connectivity index (χ3v) is 5.83. The van der Waals surface area contributed by atoms with Crippen LogP contribution in [0, 0.1) is 17.6 Å². The van der Waals surface area contributed by atoms with Crippen LogP contribution in [0.25, 0.3) is 11.3 Å². The Morgan fingerprint density at radius 3 is 2.84 bits per heavy atom. The molecule has 2 atom stereocenters. The van der Waals surface area contributed by atoms with Gasteiger partial charge in [0.2, 0.25) is 0 Å². The summed E-state index contributed by atoms with van der Waals surface area (Å²) in [6, 6.07) is 3.69. The SMILES string of the molecule is O=C(NC1CCN(CC2=CCCC2)CC1C(=O)O)c1cc(-c2ccc(F)cc2F)on1. The van der Waals surface area contributed by atoms with Crippen LogP contribution in [-0.2, 0) is 4.79 Å². The van der Waals surface area contributed by atoms with Gasteiger partial charge in [0, 0.05) is 37.8 Å². The minimum atomic E-state index is -0.968. The summed E-state index contributed by atoms with van der Waals surface area (Å²) in [5.41, 5.74) is 1.22. The van der Waals surface area contributed by atoms with Gasteiger partial charge in [0.25, 0.3) is 5.91 Å². The lowest BCUT2D eigenvalue weighted by Crippen LogP contribution is -2.53. The van der Waals surface area contributed by atoms with Crippen molar-refractivity contribution in [2.24, 2.45) is 5.92 Å². The van der Waals surface area contributed by atoms with E-state index in [-0.39, 0.29) is 17.0 Å². The molecule has 1 fully saturated rings. The van der Waals surface area contributed by atoms with Gasteiger partial charge >= 0.3 is 5.97 Å². The molecule has 1 aliphatic heterocycles. The highest BCUT2D eigenvalue weighted by atomic mass is 19.1. The van der Waals surface area contributed by atoms with Crippen molar-refractivity contribution in [3.8, 4) is 11.3 Å². The smallest absolute Gasteiger partial charge is 0.309 e. The van der Waals surface area contributed by atoms with E-state index >= 15 is 0 Å². The summed E-state index contributed by atoms with van der Waals surface area (Å²) in [6.07, 6.45) is 5.98. The number of carbonyl (C=O) groups is 2. The van der Waals surface area contributed by atoms with Crippen LogP contribution >= 0.6 is 0 Å². The van der Waals surface area contributed by atoms with Gasteiger partial charge in [-0.25, -0.2) is 8.78 Å². The minimum Gasteiger partial charge on any atom is -0.481 e.